The van der Waals surface area contributed by atoms with Gasteiger partial charge in [0.05, 0.1) is 11.2 Å². The Morgan fingerprint density at radius 1 is 1.22 bits per heavy atom. The molecule has 0 radical (unpaired) electrons. The predicted molar refractivity (Wildman–Crippen MR) is 78.7 cm³/mol. The molecule has 3 nitrogen and oxygen atoms in total. The molecule has 1 heterocycles. The fraction of sp³-hybridized carbons (Fsp3) is 0.400. The van der Waals surface area contributed by atoms with E-state index in [0.717, 1.165) is 22.3 Å². The lowest BCUT2D eigenvalue weighted by Crippen LogP contribution is -2.30. The van der Waals surface area contributed by atoms with Gasteiger partial charge in [-0.2, -0.15) is 0 Å². The average Bonchev–Trinajstić information content (AvgIpc) is 2.32. The van der Waals surface area contributed by atoms with Gasteiger partial charge in [0, 0.05) is 23.3 Å². The second-order valence-corrected chi connectivity index (χ2v) is 5.83. The lowest BCUT2D eigenvalue weighted by Gasteiger charge is -2.29. The third-order valence-electron chi connectivity index (χ3n) is 3.47. The zero-order valence-corrected chi connectivity index (χ0v) is 11.5. The Morgan fingerprint density at radius 2 is 1.94 bits per heavy atom. The molecule has 0 saturated heterocycles. The molecule has 0 aliphatic carbocycles. The maximum atomic E-state index is 5.95. The van der Waals surface area contributed by atoms with Crippen molar-refractivity contribution < 1.29 is 0 Å². The Balaban J connectivity index is 2.44. The molecule has 0 aliphatic heterocycles. The predicted octanol–water partition coefficient (Wildman–Crippen LogP) is 3.66. The van der Waals surface area contributed by atoms with E-state index in [1.165, 1.54) is 0 Å². The third-order valence-corrected chi connectivity index (χ3v) is 3.47. The van der Waals surface area contributed by atoms with Crippen molar-refractivity contribution in [1.82, 2.24) is 4.98 Å². The number of pyridine rings is 1. The van der Waals surface area contributed by atoms with Crippen LogP contribution in [0.5, 0.6) is 0 Å². The molecule has 0 saturated carbocycles. The molecular weight excluding hydrogens is 222 g/mol. The minimum Gasteiger partial charge on any atom is -0.397 e. The van der Waals surface area contributed by atoms with E-state index >= 15 is 0 Å². The Morgan fingerprint density at radius 3 is 2.61 bits per heavy atom. The molecule has 1 unspecified atom stereocenters. The summed E-state index contributed by atoms with van der Waals surface area (Å²) in [7, 11) is 0. The summed E-state index contributed by atoms with van der Waals surface area (Å²) >= 11 is 0. The van der Waals surface area contributed by atoms with Gasteiger partial charge in [-0.1, -0.05) is 20.8 Å². The number of rotatable bonds is 2. The maximum Gasteiger partial charge on any atom is 0.0951 e. The first-order valence-corrected chi connectivity index (χ1v) is 6.29. The highest BCUT2D eigenvalue weighted by molar-refractivity contribution is 5.98. The highest BCUT2D eigenvalue weighted by Gasteiger charge is 2.20. The first-order chi connectivity index (χ1) is 8.39. The van der Waals surface area contributed by atoms with E-state index in [-0.39, 0.29) is 5.41 Å². The Labute approximate surface area is 108 Å². The average molecular weight is 243 g/mol. The number of nitrogens with zero attached hydrogens (tertiary/aromatic N) is 1. The van der Waals surface area contributed by atoms with Gasteiger partial charge in [0.2, 0.25) is 0 Å². The summed E-state index contributed by atoms with van der Waals surface area (Å²) in [6, 6.07) is 8.30. The summed E-state index contributed by atoms with van der Waals surface area (Å²) in [5.74, 6) is 0. The van der Waals surface area contributed by atoms with Crippen LogP contribution in [-0.4, -0.2) is 11.0 Å². The molecule has 3 N–H and O–H groups in total. The van der Waals surface area contributed by atoms with Crippen molar-refractivity contribution in [2.75, 3.05) is 11.1 Å². The molecule has 18 heavy (non-hydrogen) atoms. The van der Waals surface area contributed by atoms with Crippen molar-refractivity contribution in [2.24, 2.45) is 5.41 Å². The van der Waals surface area contributed by atoms with Gasteiger partial charge in [-0.05, 0) is 36.6 Å². The number of hydrogen-bond donors (Lipinski definition) is 2. The number of nitrogens with one attached hydrogen (secondary N) is 1. The van der Waals surface area contributed by atoms with Crippen LogP contribution in [0.1, 0.15) is 27.7 Å². The highest BCUT2D eigenvalue weighted by atomic mass is 14.9. The number of aromatic nitrogens is 1. The van der Waals surface area contributed by atoms with Crippen molar-refractivity contribution in [3.8, 4) is 0 Å². The zero-order valence-electron chi connectivity index (χ0n) is 11.5. The molecule has 2 rings (SSSR count). The van der Waals surface area contributed by atoms with Crippen LogP contribution in [0.2, 0.25) is 0 Å². The second kappa shape index (κ2) is 4.48. The molecule has 2 aromatic rings. The number of nitrogen functional groups attached to an aromatic ring is 1. The van der Waals surface area contributed by atoms with Crippen molar-refractivity contribution in [1.29, 1.82) is 0 Å². The van der Waals surface area contributed by atoms with Crippen LogP contribution < -0.4 is 11.1 Å². The minimum absolute atomic E-state index is 0.204. The van der Waals surface area contributed by atoms with Crippen LogP contribution in [0, 0.1) is 5.41 Å². The Kier molecular flexibility index (Phi) is 3.16. The molecule has 96 valence electrons. The molecule has 1 aromatic carbocycles. The fourth-order valence-corrected chi connectivity index (χ4v) is 1.77. The first-order valence-electron chi connectivity index (χ1n) is 6.29. The monoisotopic (exact) mass is 243 g/mol. The number of fused-ring (bicyclic) bond motifs is 1. The number of nitrogens with two attached hydrogens (primary N) is 1. The molecule has 0 amide bonds. The van der Waals surface area contributed by atoms with Crippen LogP contribution in [0.25, 0.3) is 10.9 Å². The molecule has 0 bridgehead atoms. The first kappa shape index (κ1) is 12.7. The van der Waals surface area contributed by atoms with Crippen LogP contribution in [-0.2, 0) is 0 Å². The van der Waals surface area contributed by atoms with E-state index in [2.05, 4.69) is 44.1 Å². The standard InChI is InChI=1S/C15H21N3/c1-10(15(2,3)4)18-13-8-7-12(16)14-11(13)6-5-9-17-14/h5-10,18H,16H2,1-4H3. The topological polar surface area (TPSA) is 50.9 Å². The van der Waals surface area contributed by atoms with Crippen LogP contribution in [0.4, 0.5) is 11.4 Å². The Bertz CT molecular complexity index is 555. The van der Waals surface area contributed by atoms with E-state index in [9.17, 15) is 0 Å². The van der Waals surface area contributed by atoms with E-state index in [1.807, 2.05) is 18.2 Å². The van der Waals surface area contributed by atoms with Crippen molar-refractivity contribution in [3.63, 3.8) is 0 Å². The molecule has 1 aromatic heterocycles. The van der Waals surface area contributed by atoms with E-state index < -0.39 is 0 Å². The highest BCUT2D eigenvalue weighted by Crippen LogP contribution is 2.29. The smallest absolute Gasteiger partial charge is 0.0951 e. The third kappa shape index (κ3) is 2.40. The number of anilines is 2. The van der Waals surface area contributed by atoms with Crippen molar-refractivity contribution >= 4 is 22.3 Å². The lowest BCUT2D eigenvalue weighted by atomic mass is 9.88. The summed E-state index contributed by atoms with van der Waals surface area (Å²) in [6.07, 6.45) is 1.77. The van der Waals surface area contributed by atoms with Gasteiger partial charge in [-0.25, -0.2) is 0 Å². The van der Waals surface area contributed by atoms with E-state index in [1.54, 1.807) is 6.20 Å². The molecular formula is C15H21N3. The second-order valence-electron chi connectivity index (χ2n) is 5.83. The van der Waals surface area contributed by atoms with Crippen molar-refractivity contribution in [2.45, 2.75) is 33.7 Å². The number of hydrogen-bond acceptors (Lipinski definition) is 3. The van der Waals surface area contributed by atoms with Gasteiger partial charge < -0.3 is 11.1 Å². The van der Waals surface area contributed by atoms with Gasteiger partial charge in [0.1, 0.15) is 0 Å². The van der Waals surface area contributed by atoms with Gasteiger partial charge in [-0.3, -0.25) is 4.98 Å². The molecule has 1 atom stereocenters. The molecule has 3 heteroatoms. The zero-order chi connectivity index (χ0) is 13.3. The fourth-order valence-electron chi connectivity index (χ4n) is 1.77. The van der Waals surface area contributed by atoms with Gasteiger partial charge in [-0.15, -0.1) is 0 Å². The summed E-state index contributed by atoms with van der Waals surface area (Å²) in [5, 5.41) is 4.63. The van der Waals surface area contributed by atoms with Gasteiger partial charge in [0.25, 0.3) is 0 Å². The quantitative estimate of drug-likeness (QED) is 0.791. The number of benzene rings is 1. The summed E-state index contributed by atoms with van der Waals surface area (Å²) in [6.45, 7) is 8.87. The molecule has 0 aliphatic rings. The summed E-state index contributed by atoms with van der Waals surface area (Å²) < 4.78 is 0. The van der Waals surface area contributed by atoms with Gasteiger partial charge >= 0.3 is 0 Å². The van der Waals surface area contributed by atoms with Gasteiger partial charge in [0.15, 0.2) is 0 Å². The SMILES string of the molecule is CC(Nc1ccc(N)c2ncccc12)C(C)(C)C. The minimum atomic E-state index is 0.204. The van der Waals surface area contributed by atoms with Crippen molar-refractivity contribution in [3.05, 3.63) is 30.5 Å². The lowest BCUT2D eigenvalue weighted by molar-refractivity contribution is 0.359. The summed E-state index contributed by atoms with van der Waals surface area (Å²) in [4.78, 5) is 4.35. The van der Waals surface area contributed by atoms with Crippen LogP contribution >= 0.6 is 0 Å². The van der Waals surface area contributed by atoms with Crippen LogP contribution in [0.15, 0.2) is 30.5 Å². The normalized spacial score (nSPS) is 13.6. The maximum absolute atomic E-state index is 5.95. The molecule has 0 fully saturated rings. The van der Waals surface area contributed by atoms with E-state index in [0.29, 0.717) is 6.04 Å². The van der Waals surface area contributed by atoms with Crippen LogP contribution in [0.3, 0.4) is 0 Å². The van der Waals surface area contributed by atoms with E-state index in [4.69, 9.17) is 5.73 Å². The summed E-state index contributed by atoms with van der Waals surface area (Å²) in [5.41, 5.74) is 8.83. The molecule has 0 spiro atoms. The Hall–Kier alpha value is -1.77. The largest absolute Gasteiger partial charge is 0.397 e.